The largest absolute Gasteiger partial charge is 0.356 e. The molecule has 2 fully saturated rings. The van der Waals surface area contributed by atoms with Gasteiger partial charge in [0, 0.05) is 19.1 Å². The number of hydrogen-bond donors (Lipinski definition) is 0. The Hall–Kier alpha value is -0.160. The molecule has 178 valence electrons. The van der Waals surface area contributed by atoms with Crippen LogP contribution < -0.4 is 0 Å². The summed E-state index contributed by atoms with van der Waals surface area (Å²) >= 11 is 0. The van der Waals surface area contributed by atoms with Crippen LogP contribution in [0.3, 0.4) is 0 Å². The molecule has 1 heterocycles. The smallest absolute Gasteiger partial charge is 0.160 e. The molecule has 1 aliphatic heterocycles. The zero-order valence-electron chi connectivity index (χ0n) is 21.1. The van der Waals surface area contributed by atoms with E-state index in [1.54, 1.807) is 0 Å². The van der Waals surface area contributed by atoms with Crippen molar-refractivity contribution in [2.24, 2.45) is 11.3 Å². The summed E-state index contributed by atoms with van der Waals surface area (Å²) in [7, 11) is 1.81. The van der Waals surface area contributed by atoms with Gasteiger partial charge in [0.05, 0.1) is 6.10 Å². The van der Waals surface area contributed by atoms with Gasteiger partial charge in [-0.2, -0.15) is 0 Å². The number of likely N-dealkylation sites (tertiary alicyclic amines) is 1. The van der Waals surface area contributed by atoms with E-state index in [2.05, 4.69) is 44.4 Å². The summed E-state index contributed by atoms with van der Waals surface area (Å²) in [6.45, 7) is 18.0. The lowest BCUT2D eigenvalue weighted by atomic mass is 9.82. The fraction of sp³-hybridized carbons (Fsp3) is 1.00. The Balaban J connectivity index is 1.61. The average Bonchev–Trinajstić information content (AvgIpc) is 3.27. The molecule has 1 saturated carbocycles. The van der Waals surface area contributed by atoms with Gasteiger partial charge in [0.15, 0.2) is 6.29 Å². The van der Waals surface area contributed by atoms with Crippen molar-refractivity contribution in [2.75, 3.05) is 39.8 Å². The van der Waals surface area contributed by atoms with E-state index in [0.29, 0.717) is 11.3 Å². The molecule has 0 amide bonds. The maximum Gasteiger partial charge on any atom is 0.160 e. The quantitative estimate of drug-likeness (QED) is 0.322. The highest BCUT2D eigenvalue weighted by molar-refractivity contribution is 4.80. The van der Waals surface area contributed by atoms with Crippen LogP contribution >= 0.6 is 0 Å². The highest BCUT2D eigenvalue weighted by Gasteiger charge is 2.28. The zero-order chi connectivity index (χ0) is 22.0. The zero-order valence-corrected chi connectivity index (χ0v) is 21.1. The molecular weight excluding hydrogens is 372 g/mol. The van der Waals surface area contributed by atoms with Gasteiger partial charge in [-0.25, -0.2) is 0 Å². The highest BCUT2D eigenvalue weighted by atomic mass is 16.7. The molecular formula is C26H52N2O2. The summed E-state index contributed by atoms with van der Waals surface area (Å²) < 4.78 is 12.0. The van der Waals surface area contributed by atoms with Gasteiger partial charge < -0.3 is 19.3 Å². The molecule has 0 aromatic carbocycles. The maximum atomic E-state index is 6.29. The Morgan fingerprint density at radius 3 is 2.20 bits per heavy atom. The SMILES string of the molecule is CCN(CC)C1CCN(CCCC(C)(C)CCC(C)O[C@@H](OC)C2CCCC2)CC1. The maximum absolute atomic E-state index is 6.29. The third kappa shape index (κ3) is 8.76. The topological polar surface area (TPSA) is 24.9 Å². The van der Waals surface area contributed by atoms with Crippen molar-refractivity contribution in [3.8, 4) is 0 Å². The molecule has 0 bridgehead atoms. The van der Waals surface area contributed by atoms with Crippen LogP contribution in [0, 0.1) is 11.3 Å². The molecule has 1 aliphatic carbocycles. The van der Waals surface area contributed by atoms with Crippen LogP contribution in [-0.2, 0) is 9.47 Å². The highest BCUT2D eigenvalue weighted by Crippen LogP contribution is 2.33. The molecule has 2 aliphatic rings. The van der Waals surface area contributed by atoms with E-state index in [9.17, 15) is 0 Å². The van der Waals surface area contributed by atoms with E-state index < -0.39 is 0 Å². The van der Waals surface area contributed by atoms with E-state index in [4.69, 9.17) is 9.47 Å². The summed E-state index contributed by atoms with van der Waals surface area (Å²) in [6.07, 6.45) is 13.2. The summed E-state index contributed by atoms with van der Waals surface area (Å²) in [4.78, 5) is 5.34. The fourth-order valence-corrected chi connectivity index (χ4v) is 5.63. The molecule has 1 saturated heterocycles. The summed E-state index contributed by atoms with van der Waals surface area (Å²) in [5.74, 6) is 0.608. The van der Waals surface area contributed by atoms with Gasteiger partial charge in [0.2, 0.25) is 0 Å². The molecule has 2 rings (SSSR count). The lowest BCUT2D eigenvalue weighted by Gasteiger charge is -2.38. The van der Waals surface area contributed by atoms with Crippen LogP contribution in [-0.4, -0.2) is 68.1 Å². The van der Waals surface area contributed by atoms with Crippen molar-refractivity contribution >= 4 is 0 Å². The first-order chi connectivity index (χ1) is 14.4. The Morgan fingerprint density at radius 1 is 1.00 bits per heavy atom. The summed E-state index contributed by atoms with van der Waals surface area (Å²) in [5.41, 5.74) is 0.396. The monoisotopic (exact) mass is 424 g/mol. The van der Waals surface area contributed by atoms with Crippen LogP contribution in [0.25, 0.3) is 0 Å². The van der Waals surface area contributed by atoms with Gasteiger partial charge >= 0.3 is 0 Å². The van der Waals surface area contributed by atoms with E-state index in [1.807, 2.05) is 7.11 Å². The van der Waals surface area contributed by atoms with Gasteiger partial charge in [0.25, 0.3) is 0 Å². The van der Waals surface area contributed by atoms with Gasteiger partial charge in [-0.1, -0.05) is 40.5 Å². The number of piperidine rings is 1. The first-order valence-corrected chi connectivity index (χ1v) is 13.0. The molecule has 0 aromatic rings. The second kappa shape index (κ2) is 13.4. The molecule has 0 spiro atoms. The van der Waals surface area contributed by atoms with Crippen molar-refractivity contribution < 1.29 is 9.47 Å². The van der Waals surface area contributed by atoms with Crippen LogP contribution in [0.15, 0.2) is 0 Å². The van der Waals surface area contributed by atoms with Crippen LogP contribution in [0.1, 0.15) is 98.8 Å². The number of methoxy groups -OCH3 is 1. The Kier molecular flexibility index (Phi) is 11.7. The predicted molar refractivity (Wildman–Crippen MR) is 128 cm³/mol. The van der Waals surface area contributed by atoms with Crippen LogP contribution in [0.5, 0.6) is 0 Å². The van der Waals surface area contributed by atoms with Crippen molar-refractivity contribution in [3.63, 3.8) is 0 Å². The number of nitrogens with zero attached hydrogens (tertiary/aromatic N) is 2. The molecule has 0 aromatic heterocycles. The minimum Gasteiger partial charge on any atom is -0.356 e. The second-order valence-electron chi connectivity index (χ2n) is 10.7. The van der Waals surface area contributed by atoms with Crippen molar-refractivity contribution in [1.82, 2.24) is 9.80 Å². The predicted octanol–water partition coefficient (Wildman–Crippen LogP) is 5.95. The third-order valence-electron chi connectivity index (χ3n) is 7.82. The van der Waals surface area contributed by atoms with Crippen molar-refractivity contribution in [1.29, 1.82) is 0 Å². The minimum atomic E-state index is 0.00452. The second-order valence-corrected chi connectivity index (χ2v) is 10.7. The lowest BCUT2D eigenvalue weighted by Crippen LogP contribution is -2.45. The normalized spacial score (nSPS) is 22.1. The van der Waals surface area contributed by atoms with Gasteiger partial charge in [0.1, 0.15) is 0 Å². The Labute approximate surface area is 188 Å². The molecule has 30 heavy (non-hydrogen) atoms. The van der Waals surface area contributed by atoms with Crippen LogP contribution in [0.2, 0.25) is 0 Å². The Bertz CT molecular complexity index is 438. The summed E-state index contributed by atoms with van der Waals surface area (Å²) in [5, 5.41) is 0. The van der Waals surface area contributed by atoms with Gasteiger partial charge in [-0.15, -0.1) is 0 Å². The van der Waals surface area contributed by atoms with E-state index in [1.165, 1.54) is 90.5 Å². The number of ether oxygens (including phenoxy) is 2. The number of rotatable bonds is 14. The van der Waals surface area contributed by atoms with E-state index in [-0.39, 0.29) is 12.4 Å². The minimum absolute atomic E-state index is 0.00452. The molecule has 0 N–H and O–H groups in total. The number of hydrogen-bond acceptors (Lipinski definition) is 4. The Morgan fingerprint density at radius 2 is 1.63 bits per heavy atom. The standard InChI is InChI=1S/C26H52N2O2/c1-7-28(8-2)24-15-20-27(21-16-24)19-11-17-26(4,5)18-14-22(3)30-25(29-6)23-12-9-10-13-23/h22-25H,7-21H2,1-6H3/t22?,25-/m1/s1. The van der Waals surface area contributed by atoms with E-state index >= 15 is 0 Å². The molecule has 2 atom stereocenters. The lowest BCUT2D eigenvalue weighted by molar-refractivity contribution is -0.180. The third-order valence-corrected chi connectivity index (χ3v) is 7.82. The molecule has 0 radical (unpaired) electrons. The molecule has 4 nitrogen and oxygen atoms in total. The van der Waals surface area contributed by atoms with Gasteiger partial charge in [-0.3, -0.25) is 0 Å². The van der Waals surface area contributed by atoms with E-state index in [0.717, 1.165) is 12.5 Å². The average molecular weight is 425 g/mol. The van der Waals surface area contributed by atoms with Crippen molar-refractivity contribution in [3.05, 3.63) is 0 Å². The first-order valence-electron chi connectivity index (χ1n) is 13.0. The molecule has 1 unspecified atom stereocenters. The fourth-order valence-electron chi connectivity index (χ4n) is 5.63. The van der Waals surface area contributed by atoms with Crippen molar-refractivity contribution in [2.45, 2.75) is 117 Å². The molecule has 4 heteroatoms. The van der Waals surface area contributed by atoms with Crippen LogP contribution in [0.4, 0.5) is 0 Å². The first kappa shape index (κ1) is 26.1. The summed E-state index contributed by atoms with van der Waals surface area (Å²) in [6, 6.07) is 0.814. The van der Waals surface area contributed by atoms with Gasteiger partial charge in [-0.05, 0) is 96.4 Å².